The largest absolute Gasteiger partial charge is 0.468 e. The van der Waals surface area contributed by atoms with E-state index in [-0.39, 0.29) is 36.2 Å². The molecule has 200 valence electrons. The highest BCUT2D eigenvalue weighted by atomic mass is 19.4. The molecule has 37 heavy (non-hydrogen) atoms. The molecule has 0 bridgehead atoms. The number of carbonyl (C=O) groups excluding carboxylic acids is 2. The van der Waals surface area contributed by atoms with Gasteiger partial charge in [-0.25, -0.2) is 0 Å². The van der Waals surface area contributed by atoms with Crippen molar-refractivity contribution in [2.75, 3.05) is 58.7 Å². The topological polar surface area (TPSA) is 65.1 Å². The summed E-state index contributed by atoms with van der Waals surface area (Å²) < 4.78 is 46.5. The van der Waals surface area contributed by atoms with Gasteiger partial charge in [0.05, 0.1) is 19.2 Å². The first-order valence-electron chi connectivity index (χ1n) is 12.4. The zero-order chi connectivity index (χ0) is 26.7. The number of carbonyl (C=O) groups is 2. The number of ether oxygens (including phenoxy) is 1. The van der Waals surface area contributed by atoms with Gasteiger partial charge >= 0.3 is 12.1 Å². The van der Waals surface area contributed by atoms with E-state index in [2.05, 4.69) is 10.2 Å². The maximum atomic E-state index is 13.9. The van der Waals surface area contributed by atoms with E-state index in [0.29, 0.717) is 31.7 Å². The molecule has 1 fully saturated rings. The third-order valence-corrected chi connectivity index (χ3v) is 7.11. The average molecular weight is 519 g/mol. The minimum Gasteiger partial charge on any atom is -0.468 e. The number of hydrogen-bond donors (Lipinski definition) is 1. The maximum absolute atomic E-state index is 13.9. The molecule has 2 aromatic rings. The molecular formula is C27H33F3N4O3. The molecule has 2 aliphatic heterocycles. The van der Waals surface area contributed by atoms with Crippen LogP contribution in [0.25, 0.3) is 0 Å². The average Bonchev–Trinajstić information content (AvgIpc) is 2.85. The van der Waals surface area contributed by atoms with Gasteiger partial charge in [0.2, 0.25) is 0 Å². The Morgan fingerprint density at radius 1 is 1.05 bits per heavy atom. The summed E-state index contributed by atoms with van der Waals surface area (Å²) in [7, 11) is 3.34. The highest BCUT2D eigenvalue weighted by molar-refractivity contribution is 6.04. The molecule has 7 nitrogen and oxygen atoms in total. The van der Waals surface area contributed by atoms with Crippen molar-refractivity contribution in [2.45, 2.75) is 32.1 Å². The van der Waals surface area contributed by atoms with Gasteiger partial charge in [-0.2, -0.15) is 13.2 Å². The molecule has 0 spiro atoms. The summed E-state index contributed by atoms with van der Waals surface area (Å²) in [5.74, 6) is -0.658. The van der Waals surface area contributed by atoms with Crippen molar-refractivity contribution in [3.63, 3.8) is 0 Å². The number of piperazine rings is 1. The van der Waals surface area contributed by atoms with Crippen LogP contribution in [0.5, 0.6) is 0 Å². The van der Waals surface area contributed by atoms with E-state index in [1.54, 1.807) is 12.1 Å². The minimum absolute atomic E-state index is 0.0952. The Labute approximate surface area is 215 Å². The second kappa shape index (κ2) is 11.2. The van der Waals surface area contributed by atoms with Crippen molar-refractivity contribution in [1.82, 2.24) is 14.7 Å². The smallest absolute Gasteiger partial charge is 0.416 e. The normalized spacial score (nSPS) is 19.4. The Balaban J connectivity index is 1.50. The van der Waals surface area contributed by atoms with Crippen molar-refractivity contribution in [3.8, 4) is 0 Å². The number of amides is 1. The number of hydrogen-bond acceptors (Lipinski definition) is 6. The highest BCUT2D eigenvalue weighted by Gasteiger charge is 2.34. The Kier molecular flexibility index (Phi) is 8.20. The molecule has 0 aromatic heterocycles. The molecule has 0 radical (unpaired) electrons. The lowest BCUT2D eigenvalue weighted by Gasteiger charge is -2.33. The van der Waals surface area contributed by atoms with Crippen molar-refractivity contribution in [3.05, 3.63) is 64.2 Å². The van der Waals surface area contributed by atoms with Crippen LogP contribution >= 0.6 is 0 Å². The summed E-state index contributed by atoms with van der Waals surface area (Å²) in [5, 5.41) is 2.63. The van der Waals surface area contributed by atoms with E-state index in [4.69, 9.17) is 4.74 Å². The molecule has 0 unspecified atom stereocenters. The number of esters is 1. The summed E-state index contributed by atoms with van der Waals surface area (Å²) in [5.41, 5.74) is 1.91. The third-order valence-electron chi connectivity index (χ3n) is 7.11. The lowest BCUT2D eigenvalue weighted by Crippen LogP contribution is -2.44. The van der Waals surface area contributed by atoms with E-state index in [9.17, 15) is 22.8 Å². The number of nitrogens with zero attached hydrogens (tertiary/aromatic N) is 3. The maximum Gasteiger partial charge on any atom is 0.416 e. The number of benzene rings is 2. The van der Waals surface area contributed by atoms with E-state index < -0.39 is 17.6 Å². The Morgan fingerprint density at radius 2 is 1.78 bits per heavy atom. The number of alkyl halides is 3. The van der Waals surface area contributed by atoms with Gasteiger partial charge < -0.3 is 15.0 Å². The number of fused-ring (bicyclic) bond motifs is 1. The van der Waals surface area contributed by atoms with Crippen LogP contribution in [0.1, 0.15) is 45.5 Å². The van der Waals surface area contributed by atoms with E-state index in [1.165, 1.54) is 19.2 Å². The number of nitrogens with one attached hydrogen (secondary N) is 1. The van der Waals surface area contributed by atoms with E-state index >= 15 is 0 Å². The fourth-order valence-corrected chi connectivity index (χ4v) is 5.03. The summed E-state index contributed by atoms with van der Waals surface area (Å²) in [6.07, 6.45) is -4.53. The van der Waals surface area contributed by atoms with Crippen molar-refractivity contribution >= 4 is 17.6 Å². The molecule has 0 saturated carbocycles. The Morgan fingerprint density at radius 3 is 2.46 bits per heavy atom. The van der Waals surface area contributed by atoms with E-state index in [0.717, 1.165) is 30.3 Å². The fraction of sp³-hybridized carbons (Fsp3) is 0.481. The predicted octanol–water partition coefficient (Wildman–Crippen LogP) is 3.80. The van der Waals surface area contributed by atoms with Crippen LogP contribution in [0.15, 0.2) is 36.4 Å². The fourth-order valence-electron chi connectivity index (χ4n) is 5.03. The number of anilines is 1. The van der Waals surface area contributed by atoms with Crippen LogP contribution in [-0.2, 0) is 28.8 Å². The lowest BCUT2D eigenvalue weighted by atomic mass is 9.89. The van der Waals surface area contributed by atoms with Gasteiger partial charge in [0, 0.05) is 57.1 Å². The first-order chi connectivity index (χ1) is 17.5. The van der Waals surface area contributed by atoms with Gasteiger partial charge in [-0.1, -0.05) is 19.1 Å². The molecule has 1 N–H and O–H groups in total. The minimum atomic E-state index is -4.53. The molecular weight excluding hydrogens is 485 g/mol. The van der Waals surface area contributed by atoms with Crippen molar-refractivity contribution in [2.24, 2.45) is 0 Å². The zero-order valence-corrected chi connectivity index (χ0v) is 21.4. The quantitative estimate of drug-likeness (QED) is 0.587. The van der Waals surface area contributed by atoms with Gasteiger partial charge in [0.15, 0.2) is 0 Å². The summed E-state index contributed by atoms with van der Waals surface area (Å²) >= 11 is 0. The Hall–Kier alpha value is -2.95. The van der Waals surface area contributed by atoms with Gasteiger partial charge in [-0.05, 0) is 53.9 Å². The van der Waals surface area contributed by atoms with Gasteiger partial charge in [0.25, 0.3) is 5.91 Å². The molecule has 4 rings (SSSR count). The van der Waals surface area contributed by atoms with Crippen LogP contribution in [0, 0.1) is 0 Å². The number of methoxy groups -OCH3 is 1. The molecule has 0 aliphatic carbocycles. The molecule has 2 heterocycles. The lowest BCUT2D eigenvalue weighted by molar-refractivity contribution is -0.142. The van der Waals surface area contributed by atoms with Gasteiger partial charge in [-0.15, -0.1) is 0 Å². The molecule has 10 heteroatoms. The summed E-state index contributed by atoms with van der Waals surface area (Å²) in [6.45, 7) is 6.62. The predicted molar refractivity (Wildman–Crippen MR) is 134 cm³/mol. The molecule has 2 aromatic carbocycles. The molecule has 2 aliphatic rings. The van der Waals surface area contributed by atoms with Gasteiger partial charge in [0.1, 0.15) is 0 Å². The molecule has 1 saturated heterocycles. The molecule has 1 amide bonds. The first-order valence-corrected chi connectivity index (χ1v) is 12.4. The monoisotopic (exact) mass is 518 g/mol. The SMILES string of the molecule is COC(=O)CN1Cc2cc(C(=O)Nc3ccc(CN4CCN(C)CC4)c(C(F)(F)F)c3)ccc2[C@@H](C)C1. The highest BCUT2D eigenvalue weighted by Crippen LogP contribution is 2.35. The Bertz CT molecular complexity index is 1150. The van der Waals surface area contributed by atoms with Crippen LogP contribution < -0.4 is 5.32 Å². The molecule has 1 atom stereocenters. The summed E-state index contributed by atoms with van der Waals surface area (Å²) in [4.78, 5) is 30.8. The van der Waals surface area contributed by atoms with Crippen LogP contribution in [0.4, 0.5) is 18.9 Å². The van der Waals surface area contributed by atoms with Crippen LogP contribution in [0.3, 0.4) is 0 Å². The second-order valence-corrected chi connectivity index (χ2v) is 9.96. The third kappa shape index (κ3) is 6.68. The standard InChI is InChI=1S/C27H33F3N4O3/c1-18-14-34(17-25(35)37-3)16-21-12-19(5-7-23(18)21)26(36)31-22-6-4-20(24(13-22)27(28,29)30)15-33-10-8-32(2)9-11-33/h4-7,12-13,18H,8-11,14-17H2,1-3H3,(H,31,36)/t18-/m0/s1. The number of likely N-dealkylation sites (N-methyl/N-ethyl adjacent to an activating group) is 1. The zero-order valence-electron chi connectivity index (χ0n) is 21.4. The van der Waals surface area contributed by atoms with E-state index in [1.807, 2.05) is 29.8 Å². The van der Waals surface area contributed by atoms with Crippen LogP contribution in [-0.4, -0.2) is 80.0 Å². The number of halogens is 3. The van der Waals surface area contributed by atoms with Gasteiger partial charge in [-0.3, -0.25) is 19.4 Å². The number of rotatable bonds is 6. The van der Waals surface area contributed by atoms with Crippen LogP contribution in [0.2, 0.25) is 0 Å². The second-order valence-electron chi connectivity index (χ2n) is 9.96. The van der Waals surface area contributed by atoms with Crippen molar-refractivity contribution in [1.29, 1.82) is 0 Å². The van der Waals surface area contributed by atoms with Crippen molar-refractivity contribution < 1.29 is 27.5 Å². The first kappa shape index (κ1) is 27.1. The summed E-state index contributed by atoms with van der Waals surface area (Å²) in [6, 6.07) is 9.31.